The van der Waals surface area contributed by atoms with Crippen LogP contribution >= 0.6 is 27.3 Å². The van der Waals surface area contributed by atoms with Crippen LogP contribution in [0.5, 0.6) is 0 Å². The number of carbonyl (C=O) groups excluding carboxylic acids is 1. The molecule has 0 aliphatic carbocycles. The molecule has 1 aromatic rings. The molecule has 11 heavy (non-hydrogen) atoms. The second-order valence-electron chi connectivity index (χ2n) is 2.14. The lowest BCUT2D eigenvalue weighted by molar-refractivity contribution is -0.104. The molecule has 1 aromatic heterocycles. The molecule has 0 bridgehead atoms. The van der Waals surface area contributed by atoms with E-state index in [1.807, 2.05) is 13.0 Å². The van der Waals surface area contributed by atoms with E-state index in [9.17, 15) is 4.79 Å². The van der Waals surface area contributed by atoms with Crippen molar-refractivity contribution in [2.45, 2.75) is 6.92 Å². The van der Waals surface area contributed by atoms with Crippen LogP contribution in [0.2, 0.25) is 0 Å². The summed E-state index contributed by atoms with van der Waals surface area (Å²) in [6.07, 6.45) is 2.28. The highest BCUT2D eigenvalue weighted by molar-refractivity contribution is 9.15. The molecule has 0 unspecified atom stereocenters. The quantitative estimate of drug-likeness (QED) is 0.564. The van der Waals surface area contributed by atoms with Gasteiger partial charge in [-0.1, -0.05) is 0 Å². The molecule has 3 heteroatoms. The van der Waals surface area contributed by atoms with Crippen molar-refractivity contribution in [1.82, 2.24) is 0 Å². The fraction of sp³-hybridized carbons (Fsp3) is 0.125. The highest BCUT2D eigenvalue weighted by atomic mass is 79.9. The molecule has 0 N–H and O–H groups in total. The lowest BCUT2D eigenvalue weighted by atomic mass is 10.3. The number of rotatable bonds is 2. The fourth-order valence-corrected chi connectivity index (χ4v) is 2.02. The third-order valence-corrected chi connectivity index (χ3v) is 3.22. The minimum absolute atomic E-state index is 0.777. The number of halogens is 1. The maximum absolute atomic E-state index is 10.1. The molecule has 1 rings (SSSR count). The molecule has 1 heterocycles. The van der Waals surface area contributed by atoms with Gasteiger partial charge in [-0.15, -0.1) is 11.3 Å². The summed E-state index contributed by atoms with van der Waals surface area (Å²) in [7, 11) is 0. The van der Waals surface area contributed by atoms with Gasteiger partial charge in [-0.3, -0.25) is 4.79 Å². The number of carbonyl (C=O) groups is 1. The number of hydrogen-bond donors (Lipinski definition) is 0. The predicted molar refractivity (Wildman–Crippen MR) is 52.0 cm³/mol. The zero-order valence-electron chi connectivity index (χ0n) is 6.00. The van der Waals surface area contributed by atoms with Crippen molar-refractivity contribution in [2.75, 3.05) is 0 Å². The van der Waals surface area contributed by atoms with Gasteiger partial charge >= 0.3 is 0 Å². The van der Waals surface area contributed by atoms with E-state index in [4.69, 9.17) is 0 Å². The smallest absolute Gasteiger partial charge is 0.144 e. The van der Waals surface area contributed by atoms with E-state index in [0.29, 0.717) is 0 Å². The molecule has 0 fully saturated rings. The highest BCUT2D eigenvalue weighted by Gasteiger charge is 1.98. The Kier molecular flexibility index (Phi) is 3.02. The van der Waals surface area contributed by atoms with Gasteiger partial charge in [0.25, 0.3) is 0 Å². The highest BCUT2D eigenvalue weighted by Crippen LogP contribution is 2.26. The topological polar surface area (TPSA) is 17.1 Å². The van der Waals surface area contributed by atoms with Crippen LogP contribution in [-0.4, -0.2) is 6.29 Å². The van der Waals surface area contributed by atoms with Crippen LogP contribution in [0.3, 0.4) is 0 Å². The van der Waals surface area contributed by atoms with Gasteiger partial charge in [0.05, 0.1) is 0 Å². The van der Waals surface area contributed by atoms with E-state index in [1.54, 1.807) is 11.3 Å². The summed E-state index contributed by atoms with van der Waals surface area (Å²) >= 11 is 4.92. The Labute approximate surface area is 77.9 Å². The van der Waals surface area contributed by atoms with Crippen molar-refractivity contribution in [1.29, 1.82) is 0 Å². The first-order valence-electron chi connectivity index (χ1n) is 3.10. The van der Waals surface area contributed by atoms with Crippen LogP contribution in [0.15, 0.2) is 17.5 Å². The lowest BCUT2D eigenvalue weighted by Gasteiger charge is -1.88. The fourth-order valence-electron chi connectivity index (χ4n) is 0.698. The summed E-state index contributed by atoms with van der Waals surface area (Å²) in [5, 5.41) is 2.05. The van der Waals surface area contributed by atoms with E-state index < -0.39 is 0 Å². The van der Waals surface area contributed by atoms with Gasteiger partial charge in [0, 0.05) is 9.36 Å². The minimum Gasteiger partial charge on any atom is -0.299 e. The third kappa shape index (κ3) is 2.27. The Balaban J connectivity index is 2.93. The molecule has 0 saturated heterocycles. The van der Waals surface area contributed by atoms with Crippen molar-refractivity contribution >= 4 is 38.0 Å². The first-order valence-corrected chi connectivity index (χ1v) is 4.78. The molecule has 0 saturated carbocycles. The number of hydrogen-bond acceptors (Lipinski definition) is 2. The van der Waals surface area contributed by atoms with Gasteiger partial charge in [0.2, 0.25) is 0 Å². The Morgan fingerprint density at radius 1 is 1.73 bits per heavy atom. The van der Waals surface area contributed by atoms with Crippen molar-refractivity contribution in [3.05, 3.63) is 28.0 Å². The van der Waals surface area contributed by atoms with Crippen LogP contribution in [0.1, 0.15) is 10.4 Å². The molecular weight excluding hydrogens is 224 g/mol. The summed E-state index contributed by atoms with van der Waals surface area (Å²) in [5.41, 5.74) is 1.22. The first kappa shape index (κ1) is 8.68. The number of aryl methyl sites for hydroxylation is 1. The van der Waals surface area contributed by atoms with Crippen LogP contribution in [0.25, 0.3) is 4.48 Å². The molecule has 0 radical (unpaired) electrons. The van der Waals surface area contributed by atoms with Gasteiger partial charge in [-0.2, -0.15) is 0 Å². The standard InChI is InChI=1S/C8H7BrOS/c1-6-4-8(11-5-6)7(9)2-3-10/h2-5H,1H3/b7-2-. The zero-order chi connectivity index (χ0) is 8.27. The first-order chi connectivity index (χ1) is 5.24. The summed E-state index contributed by atoms with van der Waals surface area (Å²) < 4.78 is 0.852. The Morgan fingerprint density at radius 3 is 2.91 bits per heavy atom. The van der Waals surface area contributed by atoms with Crippen molar-refractivity contribution < 1.29 is 4.79 Å². The molecule has 0 aliphatic heterocycles. The van der Waals surface area contributed by atoms with Gasteiger partial charge < -0.3 is 0 Å². The van der Waals surface area contributed by atoms with Crippen LogP contribution in [0, 0.1) is 6.92 Å². The minimum atomic E-state index is 0.777. The number of aldehydes is 1. The van der Waals surface area contributed by atoms with Gasteiger partial charge in [-0.05, 0) is 45.9 Å². The maximum atomic E-state index is 10.1. The second kappa shape index (κ2) is 3.83. The monoisotopic (exact) mass is 230 g/mol. The van der Waals surface area contributed by atoms with E-state index in [2.05, 4.69) is 21.3 Å². The summed E-state index contributed by atoms with van der Waals surface area (Å²) in [4.78, 5) is 11.2. The second-order valence-corrected chi connectivity index (χ2v) is 3.90. The normalized spacial score (nSPS) is 11.6. The average molecular weight is 231 g/mol. The predicted octanol–water partition coefficient (Wildman–Crippen LogP) is 2.99. The molecule has 0 aliphatic rings. The van der Waals surface area contributed by atoms with E-state index in [-0.39, 0.29) is 0 Å². The molecule has 1 nitrogen and oxygen atoms in total. The molecule has 0 amide bonds. The SMILES string of the molecule is Cc1csc(/C(Br)=C/C=O)c1. The Bertz CT molecular complexity index is 288. The largest absolute Gasteiger partial charge is 0.299 e. The molecule has 0 aromatic carbocycles. The van der Waals surface area contributed by atoms with Crippen molar-refractivity contribution in [3.63, 3.8) is 0 Å². The number of allylic oxidation sites excluding steroid dienone is 1. The third-order valence-electron chi connectivity index (χ3n) is 1.18. The van der Waals surface area contributed by atoms with E-state index >= 15 is 0 Å². The maximum Gasteiger partial charge on any atom is 0.144 e. The Hall–Kier alpha value is -0.410. The van der Waals surface area contributed by atoms with Crippen LogP contribution in [0.4, 0.5) is 0 Å². The van der Waals surface area contributed by atoms with Crippen LogP contribution < -0.4 is 0 Å². The van der Waals surface area contributed by atoms with Gasteiger partial charge in [0.1, 0.15) is 6.29 Å². The van der Waals surface area contributed by atoms with Crippen molar-refractivity contribution in [3.8, 4) is 0 Å². The van der Waals surface area contributed by atoms with E-state index in [0.717, 1.165) is 15.6 Å². The molecule has 0 atom stereocenters. The van der Waals surface area contributed by atoms with Gasteiger partial charge in [0.15, 0.2) is 0 Å². The summed E-state index contributed by atoms with van der Waals surface area (Å²) in [6.45, 7) is 2.03. The molecule has 0 spiro atoms. The van der Waals surface area contributed by atoms with Crippen LogP contribution in [-0.2, 0) is 4.79 Å². The van der Waals surface area contributed by atoms with Crippen molar-refractivity contribution in [2.24, 2.45) is 0 Å². The Morgan fingerprint density at radius 2 is 2.45 bits per heavy atom. The number of thiophene rings is 1. The molecular formula is C8H7BrOS. The van der Waals surface area contributed by atoms with Gasteiger partial charge in [-0.25, -0.2) is 0 Å². The molecule has 58 valence electrons. The van der Waals surface area contributed by atoms with E-state index in [1.165, 1.54) is 11.6 Å². The summed E-state index contributed by atoms with van der Waals surface area (Å²) in [5.74, 6) is 0. The average Bonchev–Trinajstić information content (AvgIpc) is 2.36. The lowest BCUT2D eigenvalue weighted by Crippen LogP contribution is -1.68. The zero-order valence-corrected chi connectivity index (χ0v) is 8.41. The summed E-state index contributed by atoms with van der Waals surface area (Å²) in [6, 6.07) is 2.04.